The molecule has 0 aliphatic carbocycles. The third-order valence-corrected chi connectivity index (χ3v) is 4.69. The average Bonchev–Trinajstić information content (AvgIpc) is 2.39. The summed E-state index contributed by atoms with van der Waals surface area (Å²) in [5.41, 5.74) is 0.985. The third kappa shape index (κ3) is 3.64. The Morgan fingerprint density at radius 2 is 2.10 bits per heavy atom. The molecule has 1 aromatic rings. The molecular weight excluding hydrogens is 270 g/mol. The van der Waals surface area contributed by atoms with Gasteiger partial charge in [0.05, 0.1) is 10.7 Å². The first-order valence-corrected chi connectivity index (χ1v) is 8.02. The zero-order chi connectivity index (χ0) is 14.7. The van der Waals surface area contributed by atoms with Gasteiger partial charge in [-0.2, -0.15) is 0 Å². The first-order chi connectivity index (χ1) is 9.51. The predicted octanol–water partition coefficient (Wildman–Crippen LogP) is 4.03. The Kier molecular flexibility index (Phi) is 5.28. The molecule has 1 N–H and O–H groups in total. The van der Waals surface area contributed by atoms with Crippen molar-refractivity contribution in [1.29, 1.82) is 0 Å². The van der Waals surface area contributed by atoms with E-state index in [-0.39, 0.29) is 0 Å². The highest BCUT2D eigenvalue weighted by molar-refractivity contribution is 6.31. The minimum Gasteiger partial charge on any atom is -0.370 e. The van der Waals surface area contributed by atoms with E-state index in [4.69, 9.17) is 11.6 Å². The Labute approximate surface area is 127 Å². The summed E-state index contributed by atoms with van der Waals surface area (Å²) in [5.74, 6) is 2.39. The Hall–Kier alpha value is -0.800. The summed E-state index contributed by atoms with van der Waals surface area (Å²) < 4.78 is 0. The number of pyridine rings is 1. The van der Waals surface area contributed by atoms with Crippen molar-refractivity contribution in [1.82, 2.24) is 9.88 Å². The molecule has 3 nitrogen and oxygen atoms in total. The van der Waals surface area contributed by atoms with Crippen LogP contribution in [0.4, 0.5) is 5.82 Å². The molecule has 3 atom stereocenters. The Bertz CT molecular complexity index is 449. The molecule has 0 saturated carbocycles. The van der Waals surface area contributed by atoms with Gasteiger partial charge < -0.3 is 5.32 Å². The van der Waals surface area contributed by atoms with Crippen molar-refractivity contribution < 1.29 is 0 Å². The van der Waals surface area contributed by atoms with Crippen molar-refractivity contribution in [2.45, 2.75) is 46.7 Å². The fraction of sp³-hybridized carbons (Fsp3) is 0.688. The van der Waals surface area contributed by atoms with E-state index in [1.54, 1.807) is 0 Å². The van der Waals surface area contributed by atoms with Gasteiger partial charge in [0.1, 0.15) is 5.82 Å². The molecule has 1 aromatic heterocycles. The van der Waals surface area contributed by atoms with Gasteiger partial charge in [-0.1, -0.05) is 25.4 Å². The number of likely N-dealkylation sites (tertiary alicyclic amines) is 1. The minimum absolute atomic E-state index is 0.590. The van der Waals surface area contributed by atoms with E-state index in [0.29, 0.717) is 6.04 Å². The molecule has 0 aromatic carbocycles. The minimum atomic E-state index is 0.590. The van der Waals surface area contributed by atoms with Gasteiger partial charge in [0, 0.05) is 25.7 Å². The summed E-state index contributed by atoms with van der Waals surface area (Å²) in [5, 5.41) is 4.02. The number of nitrogens with one attached hydrogen (secondary N) is 1. The van der Waals surface area contributed by atoms with E-state index in [1.165, 1.54) is 6.42 Å². The Morgan fingerprint density at radius 1 is 1.35 bits per heavy atom. The molecule has 0 radical (unpaired) electrons. The number of halogens is 1. The van der Waals surface area contributed by atoms with Crippen LogP contribution in [-0.4, -0.2) is 29.0 Å². The first kappa shape index (κ1) is 15.6. The second-order valence-electron chi connectivity index (χ2n) is 6.14. The van der Waals surface area contributed by atoms with E-state index in [1.807, 2.05) is 12.1 Å². The molecule has 0 spiro atoms. The molecule has 112 valence electrons. The molecule has 2 heterocycles. The van der Waals surface area contributed by atoms with Crippen molar-refractivity contribution in [3.63, 3.8) is 0 Å². The number of hydrogen-bond acceptors (Lipinski definition) is 3. The number of nitrogens with zero attached hydrogens (tertiary/aromatic N) is 2. The third-order valence-electron chi connectivity index (χ3n) is 4.35. The quantitative estimate of drug-likeness (QED) is 0.909. The summed E-state index contributed by atoms with van der Waals surface area (Å²) in [6.45, 7) is 11.9. The maximum absolute atomic E-state index is 6.32. The van der Waals surface area contributed by atoms with E-state index in [2.05, 4.69) is 42.9 Å². The average molecular weight is 296 g/mol. The number of aromatic nitrogens is 1. The largest absolute Gasteiger partial charge is 0.370 e. The normalized spacial score (nSPS) is 27.6. The molecule has 1 aliphatic rings. The van der Waals surface area contributed by atoms with Crippen LogP contribution in [0.25, 0.3) is 0 Å². The molecule has 3 unspecified atom stereocenters. The summed E-state index contributed by atoms with van der Waals surface area (Å²) >= 11 is 6.32. The van der Waals surface area contributed by atoms with Crippen molar-refractivity contribution in [3.8, 4) is 0 Å². The van der Waals surface area contributed by atoms with Gasteiger partial charge in [-0.3, -0.25) is 4.90 Å². The highest BCUT2D eigenvalue weighted by Gasteiger charge is 2.29. The zero-order valence-corrected chi connectivity index (χ0v) is 13.7. The number of rotatable bonds is 4. The standard InChI is InChI=1S/C16H26ClN3/c1-5-18-16-7-6-14(17)15(19-16)10-20-9-11(2)8-12(3)13(20)4/h6-7,11-13H,5,8-10H2,1-4H3,(H,18,19). The monoisotopic (exact) mass is 295 g/mol. The maximum atomic E-state index is 6.32. The molecular formula is C16H26ClN3. The number of hydrogen-bond donors (Lipinski definition) is 1. The first-order valence-electron chi connectivity index (χ1n) is 7.64. The van der Waals surface area contributed by atoms with E-state index in [0.717, 1.165) is 48.0 Å². The Balaban J connectivity index is 2.13. The zero-order valence-electron chi connectivity index (χ0n) is 13.0. The van der Waals surface area contributed by atoms with Crippen LogP contribution in [0, 0.1) is 11.8 Å². The summed E-state index contributed by atoms with van der Waals surface area (Å²) in [6, 6.07) is 4.48. The predicted molar refractivity (Wildman–Crippen MR) is 86.2 cm³/mol. The maximum Gasteiger partial charge on any atom is 0.126 e. The highest BCUT2D eigenvalue weighted by Crippen LogP contribution is 2.29. The van der Waals surface area contributed by atoms with Crippen LogP contribution in [0.15, 0.2) is 12.1 Å². The SMILES string of the molecule is CCNc1ccc(Cl)c(CN2CC(C)CC(C)C2C)n1. The molecule has 0 bridgehead atoms. The lowest BCUT2D eigenvalue weighted by atomic mass is 9.86. The van der Waals surface area contributed by atoms with Crippen LogP contribution in [0.1, 0.15) is 39.8 Å². The van der Waals surface area contributed by atoms with E-state index < -0.39 is 0 Å². The van der Waals surface area contributed by atoms with Crippen molar-refractivity contribution in [2.75, 3.05) is 18.4 Å². The van der Waals surface area contributed by atoms with Gasteiger partial charge in [-0.15, -0.1) is 0 Å². The second kappa shape index (κ2) is 6.77. The van der Waals surface area contributed by atoms with Crippen molar-refractivity contribution in [2.24, 2.45) is 11.8 Å². The fourth-order valence-electron chi connectivity index (χ4n) is 3.11. The van der Waals surface area contributed by atoms with Crippen LogP contribution < -0.4 is 5.32 Å². The number of piperidine rings is 1. The summed E-state index contributed by atoms with van der Waals surface area (Å²) in [6.07, 6.45) is 1.32. The fourth-order valence-corrected chi connectivity index (χ4v) is 3.27. The van der Waals surface area contributed by atoms with E-state index >= 15 is 0 Å². The van der Waals surface area contributed by atoms with Crippen molar-refractivity contribution >= 4 is 17.4 Å². The van der Waals surface area contributed by atoms with Crippen LogP contribution in [-0.2, 0) is 6.54 Å². The van der Waals surface area contributed by atoms with Gasteiger partial charge in [-0.05, 0) is 44.2 Å². The molecule has 20 heavy (non-hydrogen) atoms. The lowest BCUT2D eigenvalue weighted by Crippen LogP contribution is -2.45. The van der Waals surface area contributed by atoms with Crippen LogP contribution in [0.3, 0.4) is 0 Å². The summed E-state index contributed by atoms with van der Waals surface area (Å²) in [7, 11) is 0. The van der Waals surface area contributed by atoms with Gasteiger partial charge in [0.15, 0.2) is 0 Å². The molecule has 2 rings (SSSR count). The lowest BCUT2D eigenvalue weighted by Gasteiger charge is -2.41. The van der Waals surface area contributed by atoms with Gasteiger partial charge >= 0.3 is 0 Å². The lowest BCUT2D eigenvalue weighted by molar-refractivity contribution is 0.0719. The van der Waals surface area contributed by atoms with Crippen molar-refractivity contribution in [3.05, 3.63) is 22.8 Å². The molecule has 4 heteroatoms. The van der Waals surface area contributed by atoms with Crippen LogP contribution in [0.5, 0.6) is 0 Å². The molecule has 1 fully saturated rings. The smallest absolute Gasteiger partial charge is 0.126 e. The Morgan fingerprint density at radius 3 is 2.80 bits per heavy atom. The van der Waals surface area contributed by atoms with Crippen LogP contribution >= 0.6 is 11.6 Å². The topological polar surface area (TPSA) is 28.2 Å². The van der Waals surface area contributed by atoms with E-state index in [9.17, 15) is 0 Å². The molecule has 0 amide bonds. The van der Waals surface area contributed by atoms with Gasteiger partial charge in [0.2, 0.25) is 0 Å². The van der Waals surface area contributed by atoms with Gasteiger partial charge in [0.25, 0.3) is 0 Å². The molecule has 1 aliphatic heterocycles. The number of anilines is 1. The highest BCUT2D eigenvalue weighted by atomic mass is 35.5. The van der Waals surface area contributed by atoms with Crippen LogP contribution in [0.2, 0.25) is 5.02 Å². The summed E-state index contributed by atoms with van der Waals surface area (Å²) in [4.78, 5) is 7.17. The molecule has 1 saturated heterocycles. The van der Waals surface area contributed by atoms with Gasteiger partial charge in [-0.25, -0.2) is 4.98 Å². The second-order valence-corrected chi connectivity index (χ2v) is 6.55.